The first kappa shape index (κ1) is 61.4. The Labute approximate surface area is 393 Å². The van der Waals surface area contributed by atoms with E-state index >= 15 is 0 Å². The molecule has 1 unspecified atom stereocenters. The molecule has 2 atom stereocenters. The highest BCUT2D eigenvalue weighted by Crippen LogP contribution is 2.18. The summed E-state index contributed by atoms with van der Waals surface area (Å²) in [6, 6.07) is 0. The van der Waals surface area contributed by atoms with Crippen molar-refractivity contribution < 1.29 is 28.6 Å². The number of carbonyl (C=O) groups is 3. The van der Waals surface area contributed by atoms with Gasteiger partial charge in [0, 0.05) is 19.3 Å². The summed E-state index contributed by atoms with van der Waals surface area (Å²) in [5, 5.41) is 0. The molecule has 0 radical (unpaired) electrons. The molecule has 0 aliphatic rings. The van der Waals surface area contributed by atoms with Gasteiger partial charge in [0.1, 0.15) is 13.2 Å². The van der Waals surface area contributed by atoms with E-state index in [0.717, 1.165) is 69.6 Å². The van der Waals surface area contributed by atoms with E-state index in [2.05, 4.69) is 34.6 Å². The molecule has 6 heteroatoms. The lowest BCUT2D eigenvalue weighted by Gasteiger charge is -2.18. The van der Waals surface area contributed by atoms with Gasteiger partial charge in [-0.1, -0.05) is 279 Å². The van der Waals surface area contributed by atoms with Crippen LogP contribution >= 0.6 is 0 Å². The van der Waals surface area contributed by atoms with Crippen molar-refractivity contribution in [3.8, 4) is 0 Å². The van der Waals surface area contributed by atoms with Crippen molar-refractivity contribution in [2.75, 3.05) is 13.2 Å². The van der Waals surface area contributed by atoms with Crippen molar-refractivity contribution in [3.63, 3.8) is 0 Å². The zero-order valence-corrected chi connectivity index (χ0v) is 43.2. The van der Waals surface area contributed by atoms with Crippen LogP contribution < -0.4 is 0 Å². The number of rotatable bonds is 51. The van der Waals surface area contributed by atoms with Gasteiger partial charge in [0.2, 0.25) is 0 Å². The number of hydrogen-bond acceptors (Lipinski definition) is 6. The molecule has 0 heterocycles. The van der Waals surface area contributed by atoms with Gasteiger partial charge in [-0.2, -0.15) is 0 Å². The maximum absolute atomic E-state index is 12.8. The molecular weight excluding hydrogens is 781 g/mol. The van der Waals surface area contributed by atoms with Gasteiger partial charge in [-0.25, -0.2) is 0 Å². The molecule has 6 nitrogen and oxygen atoms in total. The molecule has 0 aliphatic heterocycles. The maximum Gasteiger partial charge on any atom is 0.306 e. The minimum Gasteiger partial charge on any atom is -0.462 e. The van der Waals surface area contributed by atoms with Crippen molar-refractivity contribution in [3.05, 3.63) is 0 Å². The van der Waals surface area contributed by atoms with Gasteiger partial charge in [0.15, 0.2) is 6.10 Å². The number of hydrogen-bond donors (Lipinski definition) is 0. The van der Waals surface area contributed by atoms with Crippen LogP contribution in [0.15, 0.2) is 0 Å². The largest absolute Gasteiger partial charge is 0.462 e. The van der Waals surface area contributed by atoms with Crippen LogP contribution in [0.3, 0.4) is 0 Å². The lowest BCUT2D eigenvalue weighted by Crippen LogP contribution is -2.30. The van der Waals surface area contributed by atoms with Crippen LogP contribution in [0, 0.1) is 11.8 Å². The second-order valence-electron chi connectivity index (χ2n) is 20.3. The topological polar surface area (TPSA) is 78.9 Å². The Morgan fingerprint density at radius 2 is 0.603 bits per heavy atom. The van der Waals surface area contributed by atoms with Crippen LogP contribution in [0.25, 0.3) is 0 Å². The molecule has 374 valence electrons. The van der Waals surface area contributed by atoms with Crippen LogP contribution in [-0.2, 0) is 28.6 Å². The Hall–Kier alpha value is -1.59. The third-order valence-electron chi connectivity index (χ3n) is 13.3. The molecule has 0 aromatic heterocycles. The number of esters is 3. The third-order valence-corrected chi connectivity index (χ3v) is 13.3. The molecule has 0 amide bonds. The summed E-state index contributed by atoms with van der Waals surface area (Å²) in [5.41, 5.74) is 0. The lowest BCUT2D eigenvalue weighted by molar-refractivity contribution is -0.167. The molecule has 0 spiro atoms. The van der Waals surface area contributed by atoms with Crippen LogP contribution in [0.1, 0.15) is 317 Å². The molecule has 0 aromatic rings. The first-order valence-electron chi connectivity index (χ1n) is 28.3. The fraction of sp³-hybridized carbons (Fsp3) is 0.947. The second-order valence-corrected chi connectivity index (χ2v) is 20.3. The zero-order valence-electron chi connectivity index (χ0n) is 43.2. The van der Waals surface area contributed by atoms with Crippen molar-refractivity contribution in [1.82, 2.24) is 0 Å². The Bertz CT molecular complexity index is 964. The van der Waals surface area contributed by atoms with E-state index in [1.165, 1.54) is 205 Å². The first-order valence-corrected chi connectivity index (χ1v) is 28.3. The third kappa shape index (κ3) is 49.7. The average molecular weight is 892 g/mol. The molecule has 0 aromatic carbocycles. The smallest absolute Gasteiger partial charge is 0.306 e. The SMILES string of the molecule is CCCCCCCCCCCCCCC(=O)OC[C@@H](COC(=O)CCCCCCCCCCCCCCC(C)C)OC(=O)CCCCCCCCCCCCCCCCC(C)CC. The van der Waals surface area contributed by atoms with E-state index in [1.807, 2.05) is 0 Å². The van der Waals surface area contributed by atoms with Crippen LogP contribution in [-0.4, -0.2) is 37.2 Å². The summed E-state index contributed by atoms with van der Waals surface area (Å²) in [6.45, 7) is 11.4. The number of carbonyl (C=O) groups excluding carboxylic acids is 3. The molecule has 63 heavy (non-hydrogen) atoms. The first-order chi connectivity index (χ1) is 30.8. The van der Waals surface area contributed by atoms with Crippen molar-refractivity contribution in [2.24, 2.45) is 11.8 Å². The van der Waals surface area contributed by atoms with Gasteiger partial charge >= 0.3 is 17.9 Å². The van der Waals surface area contributed by atoms with Gasteiger partial charge in [0.25, 0.3) is 0 Å². The van der Waals surface area contributed by atoms with Gasteiger partial charge in [-0.3, -0.25) is 14.4 Å². The average Bonchev–Trinajstić information content (AvgIpc) is 3.27. The summed E-state index contributed by atoms with van der Waals surface area (Å²) >= 11 is 0. The van der Waals surface area contributed by atoms with E-state index in [1.54, 1.807) is 0 Å². The highest BCUT2D eigenvalue weighted by Gasteiger charge is 2.19. The number of ether oxygens (including phenoxy) is 3. The molecule has 0 aliphatic carbocycles. The monoisotopic (exact) mass is 891 g/mol. The zero-order chi connectivity index (χ0) is 46.1. The number of unbranched alkanes of at least 4 members (excludes halogenated alkanes) is 35. The maximum atomic E-state index is 12.8. The summed E-state index contributed by atoms with van der Waals surface area (Å²) in [6.07, 6.45) is 52.2. The predicted octanol–water partition coefficient (Wildman–Crippen LogP) is 18.5. The summed E-state index contributed by atoms with van der Waals surface area (Å²) in [7, 11) is 0. The molecule has 0 N–H and O–H groups in total. The lowest BCUT2D eigenvalue weighted by atomic mass is 9.99. The molecule has 0 saturated heterocycles. The van der Waals surface area contributed by atoms with Crippen LogP contribution in [0.2, 0.25) is 0 Å². The molecule has 0 saturated carbocycles. The van der Waals surface area contributed by atoms with E-state index in [-0.39, 0.29) is 31.1 Å². The van der Waals surface area contributed by atoms with Gasteiger partial charge in [-0.05, 0) is 31.1 Å². The Morgan fingerprint density at radius 3 is 0.905 bits per heavy atom. The van der Waals surface area contributed by atoms with Gasteiger partial charge < -0.3 is 14.2 Å². The van der Waals surface area contributed by atoms with E-state index in [0.29, 0.717) is 19.3 Å². The Kier molecular flexibility index (Phi) is 48.6. The molecule has 0 fully saturated rings. The van der Waals surface area contributed by atoms with Crippen molar-refractivity contribution in [2.45, 2.75) is 323 Å². The highest BCUT2D eigenvalue weighted by atomic mass is 16.6. The fourth-order valence-electron chi connectivity index (χ4n) is 8.66. The Balaban J connectivity index is 4.29. The van der Waals surface area contributed by atoms with Crippen LogP contribution in [0.5, 0.6) is 0 Å². The summed E-state index contributed by atoms with van der Waals surface area (Å²) in [4.78, 5) is 38.1. The minimum atomic E-state index is -0.762. The molecule has 0 rings (SSSR count). The van der Waals surface area contributed by atoms with Gasteiger partial charge in [0.05, 0.1) is 0 Å². The van der Waals surface area contributed by atoms with Crippen molar-refractivity contribution in [1.29, 1.82) is 0 Å². The summed E-state index contributed by atoms with van der Waals surface area (Å²) in [5.74, 6) is 0.887. The van der Waals surface area contributed by atoms with Crippen LogP contribution in [0.4, 0.5) is 0 Å². The highest BCUT2D eigenvalue weighted by molar-refractivity contribution is 5.71. The Morgan fingerprint density at radius 1 is 0.333 bits per heavy atom. The van der Waals surface area contributed by atoms with Crippen molar-refractivity contribution >= 4 is 17.9 Å². The van der Waals surface area contributed by atoms with E-state index < -0.39 is 6.10 Å². The second kappa shape index (κ2) is 49.8. The predicted molar refractivity (Wildman–Crippen MR) is 270 cm³/mol. The molecule has 0 bridgehead atoms. The molecular formula is C57H110O6. The van der Waals surface area contributed by atoms with E-state index in [4.69, 9.17) is 14.2 Å². The summed E-state index contributed by atoms with van der Waals surface area (Å²) < 4.78 is 16.9. The fourth-order valence-corrected chi connectivity index (χ4v) is 8.66. The standard InChI is InChI=1S/C57H110O6/c1-6-8-9-10-11-12-13-22-27-32-37-42-47-55(58)61-50-54(51-62-56(59)48-43-38-33-28-23-19-18-20-25-30-35-40-45-52(3)4)63-57(60)49-44-39-34-29-24-17-15-14-16-21-26-31-36-41-46-53(5)7-2/h52-54H,6-51H2,1-5H3/t53?,54-/m0/s1. The minimum absolute atomic E-state index is 0.0629. The van der Waals surface area contributed by atoms with E-state index in [9.17, 15) is 14.4 Å². The normalized spacial score (nSPS) is 12.5. The van der Waals surface area contributed by atoms with Gasteiger partial charge in [-0.15, -0.1) is 0 Å². The quantitative estimate of drug-likeness (QED) is 0.0344.